The van der Waals surface area contributed by atoms with Gasteiger partial charge in [-0.1, -0.05) is 74.6 Å². The van der Waals surface area contributed by atoms with Gasteiger partial charge < -0.3 is 5.32 Å². The molecule has 1 aliphatic rings. The fourth-order valence-electron chi connectivity index (χ4n) is 3.53. The molecule has 2 aromatic carbocycles. The van der Waals surface area contributed by atoms with Crippen molar-refractivity contribution < 1.29 is 0 Å². The maximum Gasteiger partial charge on any atom is -0.000835 e. The summed E-state index contributed by atoms with van der Waals surface area (Å²) in [6.45, 7) is 2.29. The van der Waals surface area contributed by atoms with Crippen LogP contribution in [0, 0.1) is 5.92 Å². The van der Waals surface area contributed by atoms with E-state index in [1.807, 2.05) is 0 Å². The van der Waals surface area contributed by atoms with Gasteiger partial charge in [0.2, 0.25) is 0 Å². The molecule has 0 aromatic heterocycles. The Morgan fingerprint density at radius 1 is 0.857 bits per heavy atom. The lowest BCUT2D eigenvalue weighted by Crippen LogP contribution is -2.21. The molecule has 3 rings (SSSR count). The van der Waals surface area contributed by atoms with Crippen LogP contribution >= 0.6 is 0 Å². The van der Waals surface area contributed by atoms with Crippen LogP contribution in [0.3, 0.4) is 0 Å². The highest BCUT2D eigenvalue weighted by Gasteiger charge is 2.12. The van der Waals surface area contributed by atoms with Gasteiger partial charge in [0.05, 0.1) is 0 Å². The maximum atomic E-state index is 3.63. The van der Waals surface area contributed by atoms with Crippen molar-refractivity contribution in [3.05, 3.63) is 48.0 Å². The zero-order chi connectivity index (χ0) is 14.3. The van der Waals surface area contributed by atoms with Gasteiger partial charge in [0.1, 0.15) is 0 Å². The van der Waals surface area contributed by atoms with Crippen molar-refractivity contribution in [2.45, 2.75) is 44.9 Å². The van der Waals surface area contributed by atoms with E-state index in [-0.39, 0.29) is 0 Å². The van der Waals surface area contributed by atoms with Crippen molar-refractivity contribution in [1.82, 2.24) is 5.32 Å². The maximum absolute atomic E-state index is 3.63. The van der Waals surface area contributed by atoms with Gasteiger partial charge >= 0.3 is 0 Å². The second-order valence-corrected chi connectivity index (χ2v) is 6.47. The minimum atomic E-state index is 0.993. The van der Waals surface area contributed by atoms with Crippen molar-refractivity contribution in [2.75, 3.05) is 13.1 Å². The fraction of sp³-hybridized carbons (Fsp3) is 0.500. The van der Waals surface area contributed by atoms with E-state index in [1.54, 1.807) is 0 Å². The molecule has 0 saturated heterocycles. The molecule has 1 aliphatic carbocycles. The quantitative estimate of drug-likeness (QED) is 0.739. The summed E-state index contributed by atoms with van der Waals surface area (Å²) in [5, 5.41) is 6.33. The molecule has 1 saturated carbocycles. The van der Waals surface area contributed by atoms with E-state index in [1.165, 1.54) is 61.4 Å². The molecule has 0 unspecified atom stereocenters. The van der Waals surface area contributed by atoms with Gasteiger partial charge in [0.15, 0.2) is 0 Å². The summed E-state index contributed by atoms with van der Waals surface area (Å²) in [5.74, 6) is 0.993. The molecule has 0 atom stereocenters. The topological polar surface area (TPSA) is 12.0 Å². The van der Waals surface area contributed by atoms with E-state index in [4.69, 9.17) is 0 Å². The second-order valence-electron chi connectivity index (χ2n) is 6.47. The number of fused-ring (bicyclic) bond motifs is 1. The number of hydrogen-bond donors (Lipinski definition) is 1. The van der Waals surface area contributed by atoms with Crippen molar-refractivity contribution in [2.24, 2.45) is 5.92 Å². The molecule has 1 heteroatoms. The average molecular weight is 281 g/mol. The van der Waals surface area contributed by atoms with Crippen molar-refractivity contribution in [3.63, 3.8) is 0 Å². The molecule has 21 heavy (non-hydrogen) atoms. The zero-order valence-electron chi connectivity index (χ0n) is 13.0. The van der Waals surface area contributed by atoms with Gasteiger partial charge in [-0.15, -0.1) is 0 Å². The molecule has 0 heterocycles. The summed E-state index contributed by atoms with van der Waals surface area (Å²) in [6, 6.07) is 15.5. The second kappa shape index (κ2) is 7.61. The number of nitrogens with one attached hydrogen (secondary N) is 1. The van der Waals surface area contributed by atoms with Crippen LogP contribution in [-0.2, 0) is 6.42 Å². The van der Waals surface area contributed by atoms with E-state index in [0.29, 0.717) is 0 Å². The highest BCUT2D eigenvalue weighted by Crippen LogP contribution is 2.25. The molecule has 1 N–H and O–H groups in total. The minimum Gasteiger partial charge on any atom is -0.316 e. The van der Waals surface area contributed by atoms with Crippen LogP contribution in [0.15, 0.2) is 42.5 Å². The van der Waals surface area contributed by atoms with Crippen LogP contribution in [-0.4, -0.2) is 13.1 Å². The van der Waals surface area contributed by atoms with E-state index in [9.17, 15) is 0 Å². The van der Waals surface area contributed by atoms with Crippen LogP contribution in [0.2, 0.25) is 0 Å². The molecule has 2 aromatic rings. The minimum absolute atomic E-state index is 0.993. The Bertz CT molecular complexity index is 555. The van der Waals surface area contributed by atoms with Crippen LogP contribution in [0.4, 0.5) is 0 Å². The molecule has 112 valence electrons. The smallest absolute Gasteiger partial charge is 0.000835 e. The Hall–Kier alpha value is -1.34. The third-order valence-electron chi connectivity index (χ3n) is 4.86. The van der Waals surface area contributed by atoms with Gasteiger partial charge in [-0.3, -0.25) is 0 Å². The summed E-state index contributed by atoms with van der Waals surface area (Å²) in [6.07, 6.45) is 9.82. The normalized spacial score (nSPS) is 16.4. The predicted molar refractivity (Wildman–Crippen MR) is 91.7 cm³/mol. The Morgan fingerprint density at radius 3 is 2.52 bits per heavy atom. The number of benzene rings is 2. The van der Waals surface area contributed by atoms with Gasteiger partial charge in [-0.25, -0.2) is 0 Å². The zero-order valence-corrected chi connectivity index (χ0v) is 13.0. The third kappa shape index (κ3) is 4.31. The SMILES string of the molecule is c1ccc2cc(CCNCCC3CCCCC3)ccc2c1. The van der Waals surface area contributed by atoms with Gasteiger partial charge in [-0.05, 0) is 48.2 Å². The average Bonchev–Trinajstić information content (AvgIpc) is 2.55. The molecular formula is C20H27N. The highest BCUT2D eigenvalue weighted by molar-refractivity contribution is 5.82. The lowest BCUT2D eigenvalue weighted by molar-refractivity contribution is 0.334. The third-order valence-corrected chi connectivity index (χ3v) is 4.86. The summed E-state index contributed by atoms with van der Waals surface area (Å²) in [5.41, 5.74) is 1.44. The first-order valence-electron chi connectivity index (χ1n) is 8.60. The van der Waals surface area contributed by atoms with E-state index in [2.05, 4.69) is 47.8 Å². The largest absolute Gasteiger partial charge is 0.316 e. The Labute approximate surface area is 128 Å². The molecule has 0 aliphatic heterocycles. The van der Waals surface area contributed by atoms with Gasteiger partial charge in [0, 0.05) is 0 Å². The Morgan fingerprint density at radius 2 is 1.67 bits per heavy atom. The van der Waals surface area contributed by atoms with Gasteiger partial charge in [0.25, 0.3) is 0 Å². The van der Waals surface area contributed by atoms with E-state index in [0.717, 1.165) is 18.9 Å². The Balaban J connectivity index is 1.39. The van der Waals surface area contributed by atoms with Crippen LogP contribution in [0.5, 0.6) is 0 Å². The van der Waals surface area contributed by atoms with E-state index < -0.39 is 0 Å². The molecule has 0 amide bonds. The van der Waals surface area contributed by atoms with E-state index >= 15 is 0 Å². The summed E-state index contributed by atoms with van der Waals surface area (Å²) >= 11 is 0. The van der Waals surface area contributed by atoms with Crippen LogP contribution in [0.25, 0.3) is 10.8 Å². The predicted octanol–water partition coefficient (Wildman–Crippen LogP) is 4.94. The van der Waals surface area contributed by atoms with Crippen LogP contribution in [0.1, 0.15) is 44.1 Å². The van der Waals surface area contributed by atoms with Gasteiger partial charge in [-0.2, -0.15) is 0 Å². The molecular weight excluding hydrogens is 254 g/mol. The van der Waals surface area contributed by atoms with Crippen molar-refractivity contribution >= 4 is 10.8 Å². The van der Waals surface area contributed by atoms with Crippen molar-refractivity contribution in [3.8, 4) is 0 Å². The lowest BCUT2D eigenvalue weighted by atomic mass is 9.87. The van der Waals surface area contributed by atoms with Crippen LogP contribution < -0.4 is 5.32 Å². The van der Waals surface area contributed by atoms with Crippen molar-refractivity contribution in [1.29, 1.82) is 0 Å². The summed E-state index contributed by atoms with van der Waals surface area (Å²) in [7, 11) is 0. The molecule has 0 bridgehead atoms. The molecule has 1 nitrogen and oxygen atoms in total. The number of rotatable bonds is 6. The first-order chi connectivity index (χ1) is 10.4. The standard InChI is InChI=1S/C20H27N/c1-2-6-17(7-3-1)12-14-21-15-13-18-10-11-19-8-4-5-9-20(19)16-18/h4-5,8-11,16-17,21H,1-3,6-7,12-15H2. The summed E-state index contributed by atoms with van der Waals surface area (Å²) < 4.78 is 0. The first kappa shape index (κ1) is 14.6. The molecule has 0 spiro atoms. The highest BCUT2D eigenvalue weighted by atomic mass is 14.8. The molecule has 0 radical (unpaired) electrons. The monoisotopic (exact) mass is 281 g/mol. The fourth-order valence-corrected chi connectivity index (χ4v) is 3.53. The molecule has 1 fully saturated rings. The lowest BCUT2D eigenvalue weighted by Gasteiger charge is -2.21. The summed E-state index contributed by atoms with van der Waals surface area (Å²) in [4.78, 5) is 0. The Kier molecular flexibility index (Phi) is 5.29. The number of hydrogen-bond acceptors (Lipinski definition) is 1. The first-order valence-corrected chi connectivity index (χ1v) is 8.60.